The molecule has 0 aliphatic carbocycles. The van der Waals surface area contributed by atoms with Crippen molar-refractivity contribution in [1.29, 1.82) is 0 Å². The van der Waals surface area contributed by atoms with Crippen molar-refractivity contribution in [2.75, 3.05) is 30.3 Å². The Kier molecular flexibility index (Phi) is 7.17. The van der Waals surface area contributed by atoms with Crippen LogP contribution in [0.5, 0.6) is 0 Å². The van der Waals surface area contributed by atoms with Crippen molar-refractivity contribution in [3.63, 3.8) is 0 Å². The van der Waals surface area contributed by atoms with Gasteiger partial charge in [-0.05, 0) is 71.6 Å². The molecule has 7 heteroatoms. The normalized spacial score (nSPS) is 17.1. The van der Waals surface area contributed by atoms with Gasteiger partial charge in [-0.3, -0.25) is 14.5 Å². The molecule has 2 heterocycles. The van der Waals surface area contributed by atoms with Gasteiger partial charge in [0, 0.05) is 22.9 Å². The van der Waals surface area contributed by atoms with Gasteiger partial charge in [-0.1, -0.05) is 19.1 Å². The highest BCUT2D eigenvalue weighted by Gasteiger charge is 2.27. The number of halogens is 1. The zero-order valence-corrected chi connectivity index (χ0v) is 17.5. The van der Waals surface area contributed by atoms with Gasteiger partial charge < -0.3 is 10.6 Å². The zero-order valence-electron chi connectivity index (χ0n) is 16.0. The van der Waals surface area contributed by atoms with E-state index in [2.05, 4.69) is 38.5 Å². The number of amides is 2. The maximum Gasteiger partial charge on any atom is 0.238 e. The fourth-order valence-electron chi connectivity index (χ4n) is 3.36. The second-order valence-electron chi connectivity index (χ2n) is 7.03. The summed E-state index contributed by atoms with van der Waals surface area (Å²) < 4.78 is 0.866. The number of anilines is 2. The van der Waals surface area contributed by atoms with Crippen LogP contribution >= 0.6 is 15.9 Å². The van der Waals surface area contributed by atoms with Gasteiger partial charge in [-0.25, -0.2) is 4.98 Å². The highest BCUT2D eigenvalue weighted by molar-refractivity contribution is 9.10. The molecule has 6 nitrogen and oxygen atoms in total. The highest BCUT2D eigenvalue weighted by atomic mass is 79.9. The average molecular weight is 445 g/mol. The number of aromatic nitrogens is 1. The van der Waals surface area contributed by atoms with E-state index in [4.69, 9.17) is 0 Å². The second-order valence-corrected chi connectivity index (χ2v) is 7.94. The number of hydrogen-bond acceptors (Lipinski definition) is 4. The molecule has 1 fully saturated rings. The molecule has 28 heavy (non-hydrogen) atoms. The molecule has 2 amide bonds. The summed E-state index contributed by atoms with van der Waals surface area (Å²) in [4.78, 5) is 31.2. The van der Waals surface area contributed by atoms with E-state index < -0.39 is 0 Å². The predicted molar refractivity (Wildman–Crippen MR) is 114 cm³/mol. The van der Waals surface area contributed by atoms with Gasteiger partial charge >= 0.3 is 0 Å². The summed E-state index contributed by atoms with van der Waals surface area (Å²) in [6.07, 6.45) is 4.30. The van der Waals surface area contributed by atoms with Crippen molar-refractivity contribution in [3.8, 4) is 0 Å². The molecule has 1 atom stereocenters. The Hall–Kier alpha value is -2.25. The van der Waals surface area contributed by atoms with E-state index in [0.29, 0.717) is 12.4 Å². The first kappa shape index (κ1) is 20.5. The van der Waals surface area contributed by atoms with Gasteiger partial charge in [0.15, 0.2) is 0 Å². The quantitative estimate of drug-likeness (QED) is 0.711. The van der Waals surface area contributed by atoms with Crippen LogP contribution in [0.3, 0.4) is 0 Å². The van der Waals surface area contributed by atoms with Crippen LogP contribution in [0.15, 0.2) is 47.1 Å². The van der Waals surface area contributed by atoms with Gasteiger partial charge in [0.1, 0.15) is 5.82 Å². The van der Waals surface area contributed by atoms with Crippen LogP contribution < -0.4 is 10.6 Å². The Bertz CT molecular complexity index is 825. The van der Waals surface area contributed by atoms with Gasteiger partial charge in [0.2, 0.25) is 11.8 Å². The number of nitrogens with zero attached hydrogens (tertiary/aromatic N) is 2. The summed E-state index contributed by atoms with van der Waals surface area (Å²) in [5, 5.41) is 5.82. The van der Waals surface area contributed by atoms with Gasteiger partial charge in [-0.15, -0.1) is 0 Å². The third-order valence-electron chi connectivity index (χ3n) is 4.84. The largest absolute Gasteiger partial charge is 0.325 e. The van der Waals surface area contributed by atoms with Crippen LogP contribution in [0, 0.1) is 5.92 Å². The molecular formula is C21H25BrN4O2. The number of piperidine rings is 1. The van der Waals surface area contributed by atoms with Gasteiger partial charge in [0.05, 0.1) is 12.5 Å². The summed E-state index contributed by atoms with van der Waals surface area (Å²) in [6, 6.07) is 11.5. The van der Waals surface area contributed by atoms with E-state index in [1.165, 1.54) is 5.56 Å². The number of pyridine rings is 1. The minimum absolute atomic E-state index is 0.0458. The summed E-state index contributed by atoms with van der Waals surface area (Å²) in [5.41, 5.74) is 2.01. The Balaban J connectivity index is 1.51. The van der Waals surface area contributed by atoms with Crippen molar-refractivity contribution in [2.45, 2.75) is 26.2 Å². The Morgan fingerprint density at radius 2 is 2.11 bits per heavy atom. The van der Waals surface area contributed by atoms with Crippen LogP contribution in [0.25, 0.3) is 0 Å². The molecule has 1 aliphatic heterocycles. The minimum Gasteiger partial charge on any atom is -0.325 e. The maximum atomic E-state index is 12.6. The first-order valence-corrected chi connectivity index (χ1v) is 10.4. The molecule has 2 N–H and O–H groups in total. The van der Waals surface area contributed by atoms with Crippen molar-refractivity contribution in [2.24, 2.45) is 5.92 Å². The summed E-state index contributed by atoms with van der Waals surface area (Å²) in [7, 11) is 0. The Morgan fingerprint density at radius 1 is 1.25 bits per heavy atom. The molecule has 148 valence electrons. The molecule has 1 aromatic heterocycles. The first-order valence-electron chi connectivity index (χ1n) is 9.57. The topological polar surface area (TPSA) is 74.3 Å². The number of likely N-dealkylation sites (tertiary alicyclic amines) is 1. The lowest BCUT2D eigenvalue weighted by atomic mass is 9.97. The van der Waals surface area contributed by atoms with Crippen LogP contribution in [-0.2, 0) is 16.0 Å². The van der Waals surface area contributed by atoms with Gasteiger partial charge in [0.25, 0.3) is 0 Å². The van der Waals surface area contributed by atoms with E-state index in [0.717, 1.165) is 36.0 Å². The number of hydrogen-bond donors (Lipinski definition) is 2. The van der Waals surface area contributed by atoms with Gasteiger partial charge in [-0.2, -0.15) is 0 Å². The summed E-state index contributed by atoms with van der Waals surface area (Å²) in [6.45, 7) is 3.77. The lowest BCUT2D eigenvalue weighted by Crippen LogP contribution is -2.44. The molecule has 3 rings (SSSR count). The number of nitrogens with one attached hydrogen (secondary N) is 2. The van der Waals surface area contributed by atoms with Crippen LogP contribution in [0.4, 0.5) is 11.5 Å². The monoisotopic (exact) mass is 444 g/mol. The van der Waals surface area contributed by atoms with E-state index in [-0.39, 0.29) is 24.3 Å². The molecule has 0 saturated carbocycles. The molecule has 1 unspecified atom stereocenters. The summed E-state index contributed by atoms with van der Waals surface area (Å²) >= 11 is 3.33. The van der Waals surface area contributed by atoms with Crippen molar-refractivity contribution < 1.29 is 9.59 Å². The van der Waals surface area contributed by atoms with Crippen molar-refractivity contribution >= 4 is 39.2 Å². The van der Waals surface area contributed by atoms with E-state index >= 15 is 0 Å². The number of benzene rings is 1. The summed E-state index contributed by atoms with van der Waals surface area (Å²) in [5.74, 6) is 0.300. The van der Waals surface area contributed by atoms with E-state index in [1.807, 2.05) is 35.2 Å². The Morgan fingerprint density at radius 3 is 2.86 bits per heavy atom. The van der Waals surface area contributed by atoms with Crippen molar-refractivity contribution in [3.05, 3.63) is 52.6 Å². The van der Waals surface area contributed by atoms with Crippen molar-refractivity contribution in [1.82, 2.24) is 9.88 Å². The SMILES string of the molecule is CCc1cccc(NC(=O)CN2CCCC(C(=O)Nc3ccc(Br)cn3)C2)c1. The standard InChI is InChI=1S/C21H25BrN4O2/c1-2-15-5-3-7-18(11-15)24-20(27)14-26-10-4-6-16(13-26)21(28)25-19-9-8-17(22)12-23-19/h3,5,7-9,11-12,16H,2,4,6,10,13-14H2,1H3,(H,24,27)(H,23,25,28). The zero-order chi connectivity index (χ0) is 19.9. The molecule has 0 spiro atoms. The molecule has 1 saturated heterocycles. The number of carbonyl (C=O) groups excluding carboxylic acids is 2. The molecule has 1 aromatic carbocycles. The number of rotatable bonds is 6. The minimum atomic E-state index is -0.143. The van der Waals surface area contributed by atoms with Crippen LogP contribution in [0.2, 0.25) is 0 Å². The highest BCUT2D eigenvalue weighted by Crippen LogP contribution is 2.19. The molecule has 1 aliphatic rings. The molecule has 2 aromatic rings. The predicted octanol–water partition coefficient (Wildman–Crippen LogP) is 3.70. The molecular weight excluding hydrogens is 420 g/mol. The molecule has 0 bridgehead atoms. The van der Waals surface area contributed by atoms with Crippen LogP contribution in [0.1, 0.15) is 25.3 Å². The fraction of sp³-hybridized carbons (Fsp3) is 0.381. The Labute approximate surface area is 173 Å². The second kappa shape index (κ2) is 9.80. The van der Waals surface area contributed by atoms with Crippen LogP contribution in [-0.4, -0.2) is 41.3 Å². The lowest BCUT2D eigenvalue weighted by molar-refractivity contribution is -0.123. The third-order valence-corrected chi connectivity index (χ3v) is 5.31. The van der Waals surface area contributed by atoms with E-state index in [1.54, 1.807) is 12.3 Å². The third kappa shape index (κ3) is 5.87. The number of carbonyl (C=O) groups is 2. The van der Waals surface area contributed by atoms with E-state index in [9.17, 15) is 9.59 Å². The lowest BCUT2D eigenvalue weighted by Gasteiger charge is -2.31. The fourth-order valence-corrected chi connectivity index (χ4v) is 3.60. The smallest absolute Gasteiger partial charge is 0.238 e. The maximum absolute atomic E-state index is 12.6. The molecule has 0 radical (unpaired) electrons. The first-order chi connectivity index (χ1) is 13.5. The average Bonchev–Trinajstić information content (AvgIpc) is 2.70. The number of aryl methyl sites for hydroxylation is 1.